The maximum absolute atomic E-state index is 13.0. The van der Waals surface area contributed by atoms with Crippen molar-refractivity contribution < 1.29 is 32.2 Å². The van der Waals surface area contributed by atoms with E-state index in [1.807, 2.05) is 6.07 Å². The van der Waals surface area contributed by atoms with Gasteiger partial charge in [-0.05, 0) is 48.1 Å². The van der Waals surface area contributed by atoms with Gasteiger partial charge >= 0.3 is 12.4 Å². The number of hydrogen-bond donors (Lipinski definition) is 2. The molecule has 0 unspecified atom stereocenters. The van der Waals surface area contributed by atoms with Gasteiger partial charge in [0.05, 0.1) is 18.3 Å². The van der Waals surface area contributed by atoms with Gasteiger partial charge < -0.3 is 20.1 Å². The molecule has 0 spiro atoms. The van der Waals surface area contributed by atoms with Crippen LogP contribution in [0, 0.1) is 0 Å². The van der Waals surface area contributed by atoms with Crippen LogP contribution in [0.4, 0.5) is 29.5 Å². The number of urea groups is 1. The van der Waals surface area contributed by atoms with Gasteiger partial charge in [0.1, 0.15) is 12.3 Å². The van der Waals surface area contributed by atoms with Crippen molar-refractivity contribution in [3.63, 3.8) is 0 Å². The normalized spacial score (nSPS) is 16.8. The minimum Gasteiger partial charge on any atom is -0.406 e. The molecule has 1 aliphatic heterocycles. The van der Waals surface area contributed by atoms with Crippen LogP contribution in [0.25, 0.3) is 0 Å². The summed E-state index contributed by atoms with van der Waals surface area (Å²) in [6.07, 6.45) is -0.940. The number of anilines is 2. The standard InChI is InChI=1S/C21H21F3N4O4/c1-31-11-17(13-4-6-15(7-5-13)32-21(22,23)24)27-20(30)28-10-18(29)26-16-8-14(12-2-3-12)9-25-19(16)28/h4-9,12,17H,2-3,10-11H2,1H3,(H,26,29)(H,27,30)/t17-/m1/s1. The number of pyridine rings is 1. The number of carbonyl (C=O) groups excluding carboxylic acids is 2. The summed E-state index contributed by atoms with van der Waals surface area (Å²) in [4.78, 5) is 30.8. The molecule has 2 N–H and O–H groups in total. The predicted molar refractivity (Wildman–Crippen MR) is 108 cm³/mol. The van der Waals surface area contributed by atoms with E-state index in [4.69, 9.17) is 4.74 Å². The number of nitrogens with one attached hydrogen (secondary N) is 2. The van der Waals surface area contributed by atoms with Crippen molar-refractivity contribution in [3.8, 4) is 5.75 Å². The average molecular weight is 450 g/mol. The van der Waals surface area contributed by atoms with Crippen molar-refractivity contribution in [3.05, 3.63) is 47.7 Å². The van der Waals surface area contributed by atoms with E-state index in [9.17, 15) is 22.8 Å². The summed E-state index contributed by atoms with van der Waals surface area (Å²) in [5.74, 6) is 0.0428. The van der Waals surface area contributed by atoms with Crippen molar-refractivity contribution in [1.82, 2.24) is 10.3 Å². The number of hydrogen-bond acceptors (Lipinski definition) is 5. The number of alkyl halides is 3. The second-order valence-corrected chi connectivity index (χ2v) is 7.62. The van der Waals surface area contributed by atoms with E-state index in [1.165, 1.54) is 24.1 Å². The van der Waals surface area contributed by atoms with Crippen molar-refractivity contribution in [1.29, 1.82) is 0 Å². The van der Waals surface area contributed by atoms with E-state index in [-0.39, 0.29) is 24.8 Å². The Morgan fingerprint density at radius 3 is 2.66 bits per heavy atom. The molecule has 8 nitrogen and oxygen atoms in total. The number of nitrogens with zero attached hydrogens (tertiary/aromatic N) is 2. The Labute approximate surface area is 181 Å². The van der Waals surface area contributed by atoms with Gasteiger partial charge in [0.2, 0.25) is 5.91 Å². The first kappa shape index (κ1) is 21.9. The molecule has 1 saturated carbocycles. The van der Waals surface area contributed by atoms with Crippen LogP contribution in [0.3, 0.4) is 0 Å². The maximum Gasteiger partial charge on any atom is 0.573 e. The topological polar surface area (TPSA) is 92.8 Å². The van der Waals surface area contributed by atoms with Gasteiger partial charge in [-0.2, -0.15) is 0 Å². The number of rotatable bonds is 6. The van der Waals surface area contributed by atoms with Gasteiger partial charge in [0.25, 0.3) is 0 Å². The lowest BCUT2D eigenvalue weighted by molar-refractivity contribution is -0.274. The first-order chi connectivity index (χ1) is 15.2. The Balaban J connectivity index is 1.51. The monoisotopic (exact) mass is 450 g/mol. The number of amides is 3. The van der Waals surface area contributed by atoms with Crippen LogP contribution >= 0.6 is 0 Å². The maximum atomic E-state index is 13.0. The summed E-state index contributed by atoms with van der Waals surface area (Å²) in [6, 6.07) is 5.70. The predicted octanol–water partition coefficient (Wildman–Crippen LogP) is 3.71. The molecule has 1 aliphatic carbocycles. The highest BCUT2D eigenvalue weighted by Crippen LogP contribution is 2.42. The van der Waals surface area contributed by atoms with Crippen LogP contribution in [0.2, 0.25) is 0 Å². The molecule has 0 saturated heterocycles. The van der Waals surface area contributed by atoms with Crippen molar-refractivity contribution in [2.45, 2.75) is 31.2 Å². The molecule has 170 valence electrons. The number of carbonyl (C=O) groups is 2. The van der Waals surface area contributed by atoms with Crippen LogP contribution in [-0.4, -0.2) is 43.5 Å². The van der Waals surface area contributed by atoms with Gasteiger partial charge in [0, 0.05) is 13.3 Å². The molecule has 1 fully saturated rings. The van der Waals surface area contributed by atoms with E-state index >= 15 is 0 Å². The highest BCUT2D eigenvalue weighted by atomic mass is 19.4. The number of methoxy groups -OCH3 is 1. The third-order valence-corrected chi connectivity index (χ3v) is 5.16. The second kappa shape index (κ2) is 8.65. The Morgan fingerprint density at radius 1 is 1.31 bits per heavy atom. The van der Waals surface area contributed by atoms with Crippen molar-refractivity contribution >= 4 is 23.4 Å². The summed E-state index contributed by atoms with van der Waals surface area (Å²) in [7, 11) is 1.44. The number of halogens is 3. The highest BCUT2D eigenvalue weighted by molar-refractivity contribution is 6.08. The molecule has 1 aromatic heterocycles. The lowest BCUT2D eigenvalue weighted by atomic mass is 10.1. The zero-order valence-electron chi connectivity index (χ0n) is 17.1. The Kier molecular flexibility index (Phi) is 5.92. The fourth-order valence-electron chi connectivity index (χ4n) is 3.51. The minimum atomic E-state index is -4.80. The van der Waals surface area contributed by atoms with Crippen LogP contribution < -0.4 is 20.3 Å². The zero-order chi connectivity index (χ0) is 22.9. The molecular weight excluding hydrogens is 429 g/mol. The Morgan fingerprint density at radius 2 is 2.03 bits per heavy atom. The van der Waals surface area contributed by atoms with Gasteiger partial charge in [-0.15, -0.1) is 13.2 Å². The summed E-state index contributed by atoms with van der Waals surface area (Å²) in [5, 5.41) is 5.51. The van der Waals surface area contributed by atoms with Gasteiger partial charge in [-0.25, -0.2) is 9.78 Å². The molecule has 1 atom stereocenters. The zero-order valence-corrected chi connectivity index (χ0v) is 17.1. The van der Waals surface area contributed by atoms with Crippen LogP contribution in [-0.2, 0) is 9.53 Å². The molecule has 4 rings (SSSR count). The van der Waals surface area contributed by atoms with Crippen molar-refractivity contribution in [2.75, 3.05) is 30.5 Å². The molecule has 2 heterocycles. The molecule has 3 amide bonds. The van der Waals surface area contributed by atoms with E-state index in [0.717, 1.165) is 30.5 Å². The first-order valence-electron chi connectivity index (χ1n) is 9.96. The van der Waals surface area contributed by atoms with Crippen LogP contribution in [0.5, 0.6) is 5.75 Å². The fourth-order valence-corrected chi connectivity index (χ4v) is 3.51. The quantitative estimate of drug-likeness (QED) is 0.700. The Bertz CT molecular complexity index is 1010. The van der Waals surface area contributed by atoms with Crippen molar-refractivity contribution in [2.24, 2.45) is 0 Å². The number of aromatic nitrogens is 1. The number of fused-ring (bicyclic) bond motifs is 1. The summed E-state index contributed by atoms with van der Waals surface area (Å²) in [5.41, 5.74) is 2.00. The summed E-state index contributed by atoms with van der Waals surface area (Å²) < 4.78 is 46.2. The molecule has 2 aliphatic rings. The molecule has 0 radical (unpaired) electrons. The molecule has 32 heavy (non-hydrogen) atoms. The SMILES string of the molecule is COC[C@@H](NC(=O)N1CC(=O)Nc2cc(C3CC3)cnc21)c1ccc(OC(F)(F)F)cc1. The third-order valence-electron chi connectivity index (χ3n) is 5.16. The molecular formula is C21H21F3N4O4. The third kappa shape index (κ3) is 5.10. The summed E-state index contributed by atoms with van der Waals surface area (Å²) >= 11 is 0. The lowest BCUT2D eigenvalue weighted by Gasteiger charge is -2.30. The van der Waals surface area contributed by atoms with Crippen LogP contribution in [0.15, 0.2) is 36.5 Å². The Hall–Kier alpha value is -3.34. The van der Waals surface area contributed by atoms with Gasteiger partial charge in [-0.1, -0.05) is 12.1 Å². The molecule has 0 bridgehead atoms. The van der Waals surface area contributed by atoms with E-state index in [1.54, 1.807) is 6.20 Å². The summed E-state index contributed by atoms with van der Waals surface area (Å²) in [6.45, 7) is -0.154. The van der Waals surface area contributed by atoms with Crippen LogP contribution in [0.1, 0.15) is 35.9 Å². The molecule has 11 heteroatoms. The number of ether oxygens (including phenoxy) is 2. The van der Waals surface area contributed by atoms with Gasteiger partial charge in [0.15, 0.2) is 5.82 Å². The lowest BCUT2D eigenvalue weighted by Crippen LogP contribution is -2.49. The largest absolute Gasteiger partial charge is 0.573 e. The second-order valence-electron chi connectivity index (χ2n) is 7.62. The van der Waals surface area contributed by atoms with E-state index < -0.39 is 18.4 Å². The first-order valence-corrected chi connectivity index (χ1v) is 9.96. The number of benzene rings is 1. The highest BCUT2D eigenvalue weighted by Gasteiger charge is 2.33. The molecule has 2 aromatic rings. The van der Waals surface area contributed by atoms with E-state index in [0.29, 0.717) is 23.0 Å². The minimum absolute atomic E-state index is 0.0617. The fraction of sp³-hybridized carbons (Fsp3) is 0.381. The molecule has 1 aromatic carbocycles. The average Bonchev–Trinajstić information content (AvgIpc) is 3.57. The smallest absolute Gasteiger partial charge is 0.406 e. The van der Waals surface area contributed by atoms with Gasteiger partial charge in [-0.3, -0.25) is 9.69 Å². The van der Waals surface area contributed by atoms with E-state index in [2.05, 4.69) is 20.4 Å².